The summed E-state index contributed by atoms with van der Waals surface area (Å²) >= 11 is 0. The average molecular weight is 296 g/mol. The summed E-state index contributed by atoms with van der Waals surface area (Å²) in [5, 5.41) is 8.86. The number of benzene rings is 2. The molecule has 3 rings (SSSR count). The van der Waals surface area contributed by atoms with E-state index in [4.69, 9.17) is 0 Å². The van der Waals surface area contributed by atoms with Gasteiger partial charge in [-0.1, -0.05) is 42.5 Å². The van der Waals surface area contributed by atoms with Crippen molar-refractivity contribution in [2.75, 3.05) is 19.6 Å². The number of carbonyl (C=O) groups excluding carboxylic acids is 1. The van der Waals surface area contributed by atoms with Gasteiger partial charge in [0.05, 0.1) is 5.92 Å². The van der Waals surface area contributed by atoms with E-state index >= 15 is 0 Å². The van der Waals surface area contributed by atoms with Gasteiger partial charge in [-0.05, 0) is 55.1 Å². The minimum atomic E-state index is -0.105. The minimum absolute atomic E-state index is 0.105. The van der Waals surface area contributed by atoms with Gasteiger partial charge in [0.2, 0.25) is 5.91 Å². The highest BCUT2D eigenvalue weighted by atomic mass is 16.1. The molecular weight excluding hydrogens is 272 g/mol. The molecule has 0 saturated carbocycles. The second kappa shape index (κ2) is 6.93. The Hall–Kier alpha value is -1.87. The molecule has 1 aliphatic heterocycles. The zero-order chi connectivity index (χ0) is 15.4. The van der Waals surface area contributed by atoms with Crippen molar-refractivity contribution in [1.29, 1.82) is 0 Å². The van der Waals surface area contributed by atoms with Gasteiger partial charge in [0.15, 0.2) is 0 Å². The molecule has 1 fully saturated rings. The van der Waals surface area contributed by atoms with Crippen LogP contribution in [0.3, 0.4) is 0 Å². The standard InChI is InChI=1S/C19H24N2O/c1-14(19(22)21-11-9-15-8-10-20-13-15)17-7-6-16-4-2-3-5-18(16)12-17/h2-7,12,14-15,20H,8-11,13H2,1H3,(H,21,22). The second-order valence-electron chi connectivity index (χ2n) is 6.27. The first-order chi connectivity index (χ1) is 10.7. The molecule has 116 valence electrons. The van der Waals surface area contributed by atoms with Crippen molar-refractivity contribution in [1.82, 2.24) is 10.6 Å². The van der Waals surface area contributed by atoms with Crippen molar-refractivity contribution in [2.45, 2.75) is 25.7 Å². The van der Waals surface area contributed by atoms with E-state index < -0.39 is 0 Å². The zero-order valence-corrected chi connectivity index (χ0v) is 13.1. The van der Waals surface area contributed by atoms with Crippen molar-refractivity contribution in [3.05, 3.63) is 48.0 Å². The summed E-state index contributed by atoms with van der Waals surface area (Å²) in [4.78, 5) is 12.3. The number of rotatable bonds is 5. The molecule has 2 aromatic carbocycles. The molecule has 1 saturated heterocycles. The number of nitrogens with one attached hydrogen (secondary N) is 2. The molecule has 0 bridgehead atoms. The third kappa shape index (κ3) is 3.47. The Bertz CT molecular complexity index is 647. The minimum Gasteiger partial charge on any atom is -0.356 e. The fourth-order valence-electron chi connectivity index (χ4n) is 3.14. The van der Waals surface area contributed by atoms with Gasteiger partial charge >= 0.3 is 0 Å². The molecule has 3 heteroatoms. The molecule has 1 amide bonds. The van der Waals surface area contributed by atoms with E-state index in [9.17, 15) is 4.79 Å². The summed E-state index contributed by atoms with van der Waals surface area (Å²) in [7, 11) is 0. The molecule has 2 unspecified atom stereocenters. The first-order valence-corrected chi connectivity index (χ1v) is 8.21. The summed E-state index contributed by atoms with van der Waals surface area (Å²) in [6, 6.07) is 14.5. The highest BCUT2D eigenvalue weighted by Gasteiger charge is 2.17. The van der Waals surface area contributed by atoms with Crippen LogP contribution in [0.5, 0.6) is 0 Å². The molecular formula is C19H24N2O. The molecule has 2 aromatic rings. The normalized spacial score (nSPS) is 19.2. The number of hydrogen-bond acceptors (Lipinski definition) is 2. The zero-order valence-electron chi connectivity index (χ0n) is 13.1. The third-order valence-electron chi connectivity index (χ3n) is 4.68. The van der Waals surface area contributed by atoms with E-state index in [2.05, 4.69) is 41.0 Å². The Balaban J connectivity index is 1.58. The molecule has 3 nitrogen and oxygen atoms in total. The monoisotopic (exact) mass is 296 g/mol. The topological polar surface area (TPSA) is 41.1 Å². The smallest absolute Gasteiger partial charge is 0.227 e. The number of carbonyl (C=O) groups is 1. The van der Waals surface area contributed by atoms with Gasteiger partial charge in [-0.2, -0.15) is 0 Å². The molecule has 0 spiro atoms. The number of fused-ring (bicyclic) bond motifs is 1. The largest absolute Gasteiger partial charge is 0.356 e. The van der Waals surface area contributed by atoms with Crippen LogP contribution in [0.15, 0.2) is 42.5 Å². The van der Waals surface area contributed by atoms with Gasteiger partial charge in [-0.3, -0.25) is 4.79 Å². The van der Waals surface area contributed by atoms with Crippen LogP contribution in [0.25, 0.3) is 10.8 Å². The SMILES string of the molecule is CC(C(=O)NCCC1CCNC1)c1ccc2ccccc2c1. The van der Waals surface area contributed by atoms with Crippen LogP contribution < -0.4 is 10.6 Å². The first kappa shape index (κ1) is 15.0. The Morgan fingerprint density at radius 2 is 2.09 bits per heavy atom. The number of amides is 1. The van der Waals surface area contributed by atoms with Crippen LogP contribution in [-0.4, -0.2) is 25.5 Å². The predicted molar refractivity (Wildman–Crippen MR) is 91.0 cm³/mol. The van der Waals surface area contributed by atoms with Crippen LogP contribution in [0.1, 0.15) is 31.2 Å². The number of hydrogen-bond donors (Lipinski definition) is 2. The lowest BCUT2D eigenvalue weighted by Crippen LogP contribution is -2.30. The maximum atomic E-state index is 12.3. The van der Waals surface area contributed by atoms with Gasteiger partial charge in [-0.25, -0.2) is 0 Å². The predicted octanol–water partition coefficient (Wildman–Crippen LogP) is 3.06. The van der Waals surface area contributed by atoms with E-state index in [1.165, 1.54) is 17.2 Å². The molecule has 2 atom stereocenters. The van der Waals surface area contributed by atoms with Gasteiger partial charge in [0.1, 0.15) is 0 Å². The lowest BCUT2D eigenvalue weighted by molar-refractivity contribution is -0.122. The summed E-state index contributed by atoms with van der Waals surface area (Å²) in [5.74, 6) is 0.740. The van der Waals surface area contributed by atoms with E-state index in [1.54, 1.807) is 0 Å². The van der Waals surface area contributed by atoms with Crippen LogP contribution in [0.2, 0.25) is 0 Å². The molecule has 1 aliphatic rings. The highest BCUT2D eigenvalue weighted by molar-refractivity contribution is 5.87. The molecule has 0 aliphatic carbocycles. The van der Waals surface area contributed by atoms with Crippen LogP contribution in [-0.2, 0) is 4.79 Å². The van der Waals surface area contributed by atoms with Gasteiger partial charge in [0, 0.05) is 6.54 Å². The maximum absolute atomic E-state index is 12.3. The first-order valence-electron chi connectivity index (χ1n) is 8.21. The molecule has 0 aromatic heterocycles. The highest BCUT2D eigenvalue weighted by Crippen LogP contribution is 2.22. The van der Waals surface area contributed by atoms with E-state index in [1.807, 2.05) is 19.1 Å². The average Bonchev–Trinajstić information content (AvgIpc) is 3.07. The van der Waals surface area contributed by atoms with Gasteiger partial charge in [-0.15, -0.1) is 0 Å². The molecule has 22 heavy (non-hydrogen) atoms. The van der Waals surface area contributed by atoms with Crippen molar-refractivity contribution >= 4 is 16.7 Å². The maximum Gasteiger partial charge on any atom is 0.227 e. The quantitative estimate of drug-likeness (QED) is 0.890. The van der Waals surface area contributed by atoms with E-state index in [-0.39, 0.29) is 11.8 Å². The summed E-state index contributed by atoms with van der Waals surface area (Å²) < 4.78 is 0. The van der Waals surface area contributed by atoms with Gasteiger partial charge in [0.25, 0.3) is 0 Å². The van der Waals surface area contributed by atoms with Crippen molar-refractivity contribution < 1.29 is 4.79 Å². The molecule has 1 heterocycles. The second-order valence-corrected chi connectivity index (χ2v) is 6.27. The van der Waals surface area contributed by atoms with Gasteiger partial charge < -0.3 is 10.6 Å². The Kier molecular flexibility index (Phi) is 4.74. The Morgan fingerprint density at radius 3 is 2.86 bits per heavy atom. The van der Waals surface area contributed by atoms with Crippen LogP contribution >= 0.6 is 0 Å². The third-order valence-corrected chi connectivity index (χ3v) is 4.68. The Labute approximate surface area is 132 Å². The summed E-state index contributed by atoms with van der Waals surface area (Å²) in [5.41, 5.74) is 1.08. The van der Waals surface area contributed by atoms with E-state index in [0.29, 0.717) is 0 Å². The fourth-order valence-corrected chi connectivity index (χ4v) is 3.14. The lowest BCUT2D eigenvalue weighted by atomic mass is 9.97. The lowest BCUT2D eigenvalue weighted by Gasteiger charge is -2.14. The van der Waals surface area contributed by atoms with Crippen molar-refractivity contribution in [3.8, 4) is 0 Å². The van der Waals surface area contributed by atoms with Crippen LogP contribution in [0, 0.1) is 5.92 Å². The molecule has 2 N–H and O–H groups in total. The van der Waals surface area contributed by atoms with Crippen molar-refractivity contribution in [2.24, 2.45) is 5.92 Å². The van der Waals surface area contributed by atoms with Crippen molar-refractivity contribution in [3.63, 3.8) is 0 Å². The fraction of sp³-hybridized carbons (Fsp3) is 0.421. The Morgan fingerprint density at radius 1 is 1.27 bits per heavy atom. The molecule has 0 radical (unpaired) electrons. The van der Waals surface area contributed by atoms with Crippen LogP contribution in [0.4, 0.5) is 0 Å². The summed E-state index contributed by atoms with van der Waals surface area (Å²) in [6.45, 7) is 4.97. The summed E-state index contributed by atoms with van der Waals surface area (Å²) in [6.07, 6.45) is 2.30. The van der Waals surface area contributed by atoms with E-state index in [0.717, 1.165) is 37.5 Å².